The van der Waals surface area contributed by atoms with Gasteiger partial charge in [-0.15, -0.1) is 0 Å². The fraction of sp³-hybridized carbons (Fsp3) is 1.00. The van der Waals surface area contributed by atoms with Crippen molar-refractivity contribution in [2.45, 2.75) is 24.3 Å². The number of hydrogen-bond acceptors (Lipinski definition) is 14. The van der Waals surface area contributed by atoms with Gasteiger partial charge in [-0.2, -0.15) is 0 Å². The van der Waals surface area contributed by atoms with Crippen LogP contribution in [0.1, 0.15) is 6.42 Å². The Morgan fingerprint density at radius 1 is 0.778 bits per heavy atom. The summed E-state index contributed by atoms with van der Waals surface area (Å²) in [6.07, 6.45) is -2.82. The Labute approximate surface area is 144 Å². The van der Waals surface area contributed by atoms with Gasteiger partial charge in [0.25, 0.3) is 6.61 Å². The standard InChI is InChI=1S/C7H8N6O14/c14-8(15)6(9(16)17,10(18)19)3-27-5-1-4(2-26-5)7(11(20)21,12(22)23)13(24)25/h4-5H,1-3H2/t4-,5-/m0/s1. The highest BCUT2D eigenvalue weighted by molar-refractivity contribution is 4.76. The number of nitrogens with zero attached hydrogens (tertiary/aromatic N) is 6. The van der Waals surface area contributed by atoms with Gasteiger partial charge in [-0.25, -0.2) is 0 Å². The van der Waals surface area contributed by atoms with E-state index in [4.69, 9.17) is 0 Å². The average Bonchev–Trinajstić information content (AvgIpc) is 2.95. The minimum Gasteiger partial charge on any atom is -0.351 e. The van der Waals surface area contributed by atoms with Crippen molar-refractivity contribution < 1.29 is 39.0 Å². The number of ether oxygens (including phenoxy) is 2. The molecule has 1 aliphatic heterocycles. The molecule has 1 heterocycles. The van der Waals surface area contributed by atoms with Crippen LogP contribution in [0.5, 0.6) is 0 Å². The first-order valence-corrected chi connectivity index (χ1v) is 6.45. The maximum Gasteiger partial charge on any atom is 0.723 e. The quantitative estimate of drug-likeness (QED) is 0.225. The molecule has 0 aromatic rings. The first kappa shape index (κ1) is 21.4. The number of rotatable bonds is 10. The lowest BCUT2D eigenvalue weighted by atomic mass is 10.0. The van der Waals surface area contributed by atoms with Gasteiger partial charge in [0.2, 0.25) is 5.92 Å². The lowest BCUT2D eigenvalue weighted by Gasteiger charge is -2.14. The van der Waals surface area contributed by atoms with Crippen LogP contribution in [0, 0.1) is 66.6 Å². The highest BCUT2D eigenvalue weighted by atomic mass is 16.8. The second-order valence-corrected chi connectivity index (χ2v) is 5.01. The molecule has 20 heteroatoms. The van der Waals surface area contributed by atoms with Crippen LogP contribution in [0.3, 0.4) is 0 Å². The number of nitro groups is 6. The van der Waals surface area contributed by atoms with Gasteiger partial charge in [0.1, 0.15) is 0 Å². The van der Waals surface area contributed by atoms with E-state index in [-0.39, 0.29) is 0 Å². The molecule has 1 rings (SSSR count). The predicted molar refractivity (Wildman–Crippen MR) is 71.2 cm³/mol. The van der Waals surface area contributed by atoms with E-state index in [1.807, 2.05) is 0 Å². The molecule has 0 radical (unpaired) electrons. The van der Waals surface area contributed by atoms with E-state index in [1.165, 1.54) is 0 Å². The Hall–Kier alpha value is -3.68. The predicted octanol–water partition coefficient (Wildman–Crippen LogP) is -1.67. The third-order valence-corrected chi connectivity index (χ3v) is 3.65. The smallest absolute Gasteiger partial charge is 0.351 e. The molecule has 150 valence electrons. The lowest BCUT2D eigenvalue weighted by molar-refractivity contribution is -0.978. The molecular weight excluding hydrogens is 392 g/mol. The van der Waals surface area contributed by atoms with Crippen molar-refractivity contribution in [1.82, 2.24) is 0 Å². The summed E-state index contributed by atoms with van der Waals surface area (Å²) in [6.45, 7) is -2.80. The summed E-state index contributed by atoms with van der Waals surface area (Å²) in [6, 6.07) is 0. The Morgan fingerprint density at radius 2 is 1.19 bits per heavy atom. The van der Waals surface area contributed by atoms with Crippen LogP contribution in [0.15, 0.2) is 0 Å². The Morgan fingerprint density at radius 3 is 1.52 bits per heavy atom. The van der Waals surface area contributed by atoms with E-state index < -0.39 is 73.0 Å². The Bertz CT molecular complexity index is 634. The summed E-state index contributed by atoms with van der Waals surface area (Å²) in [5.41, 5.74) is 0. The van der Waals surface area contributed by atoms with E-state index in [2.05, 4.69) is 9.47 Å². The van der Waals surface area contributed by atoms with E-state index in [0.29, 0.717) is 0 Å². The molecular formula is C7H8N6O14. The van der Waals surface area contributed by atoms with Gasteiger partial charge in [0.15, 0.2) is 35.8 Å². The molecule has 0 amide bonds. The van der Waals surface area contributed by atoms with Gasteiger partial charge in [0.05, 0.1) is 6.61 Å². The lowest BCUT2D eigenvalue weighted by Crippen LogP contribution is -2.59. The van der Waals surface area contributed by atoms with E-state index >= 15 is 0 Å². The summed E-state index contributed by atoms with van der Waals surface area (Å²) in [4.78, 5) is 54.1. The molecule has 0 saturated carbocycles. The minimum atomic E-state index is -4.03. The van der Waals surface area contributed by atoms with Gasteiger partial charge in [-0.3, -0.25) is 60.7 Å². The van der Waals surface area contributed by atoms with E-state index in [0.717, 1.165) is 0 Å². The molecule has 0 spiro atoms. The molecule has 1 fully saturated rings. The molecule has 1 saturated heterocycles. The zero-order valence-corrected chi connectivity index (χ0v) is 12.7. The molecule has 20 nitrogen and oxygen atoms in total. The second kappa shape index (κ2) is 7.28. The largest absolute Gasteiger partial charge is 0.723 e. The zero-order chi connectivity index (χ0) is 21.2. The zero-order valence-electron chi connectivity index (χ0n) is 12.7. The molecule has 0 unspecified atom stereocenters. The van der Waals surface area contributed by atoms with Crippen LogP contribution in [0.2, 0.25) is 0 Å². The third-order valence-electron chi connectivity index (χ3n) is 3.65. The molecule has 1 aliphatic rings. The Balaban J connectivity index is 3.04. The van der Waals surface area contributed by atoms with Crippen molar-refractivity contribution in [1.29, 1.82) is 0 Å². The molecule has 27 heavy (non-hydrogen) atoms. The van der Waals surface area contributed by atoms with Crippen molar-refractivity contribution >= 4 is 0 Å². The second-order valence-electron chi connectivity index (χ2n) is 5.01. The van der Waals surface area contributed by atoms with Crippen molar-refractivity contribution in [3.8, 4) is 0 Å². The van der Waals surface area contributed by atoms with Crippen molar-refractivity contribution in [3.63, 3.8) is 0 Å². The summed E-state index contributed by atoms with van der Waals surface area (Å²) >= 11 is 0. The Kier molecular flexibility index (Phi) is 5.76. The van der Waals surface area contributed by atoms with Gasteiger partial charge in [-0.1, -0.05) is 0 Å². The van der Waals surface area contributed by atoms with Crippen LogP contribution in [0.25, 0.3) is 0 Å². The monoisotopic (exact) mass is 400 g/mol. The summed E-state index contributed by atoms with van der Waals surface area (Å²) in [5.74, 6) is -9.99. The summed E-state index contributed by atoms with van der Waals surface area (Å²) < 4.78 is 9.16. The molecule has 0 bridgehead atoms. The van der Waals surface area contributed by atoms with E-state index in [9.17, 15) is 60.7 Å². The highest BCUT2D eigenvalue weighted by Gasteiger charge is 2.78. The van der Waals surface area contributed by atoms with Gasteiger partial charge in [-0.05, 0) is 0 Å². The molecule has 0 aromatic carbocycles. The highest BCUT2D eigenvalue weighted by Crippen LogP contribution is 2.34. The normalized spacial score (nSPS) is 20.0. The van der Waals surface area contributed by atoms with Gasteiger partial charge in [0, 0.05) is 6.42 Å². The summed E-state index contributed by atoms with van der Waals surface area (Å²) in [5, 5.41) is 65.0. The molecule has 0 aromatic heterocycles. The van der Waals surface area contributed by atoms with Crippen molar-refractivity contribution in [2.75, 3.05) is 13.2 Å². The van der Waals surface area contributed by atoms with Crippen LogP contribution in [0.4, 0.5) is 0 Å². The van der Waals surface area contributed by atoms with Gasteiger partial charge < -0.3 is 9.47 Å². The molecule has 0 aliphatic carbocycles. The summed E-state index contributed by atoms with van der Waals surface area (Å²) in [7, 11) is 0. The topological polar surface area (TPSA) is 277 Å². The molecule has 2 atom stereocenters. The maximum atomic E-state index is 10.9. The van der Waals surface area contributed by atoms with Crippen molar-refractivity contribution in [2.24, 2.45) is 5.92 Å². The number of hydrogen-bond donors (Lipinski definition) is 0. The fourth-order valence-corrected chi connectivity index (χ4v) is 2.19. The fourth-order valence-electron chi connectivity index (χ4n) is 2.19. The maximum absolute atomic E-state index is 10.9. The van der Waals surface area contributed by atoms with Gasteiger partial charge >= 0.3 is 11.6 Å². The first-order chi connectivity index (χ1) is 12.3. The van der Waals surface area contributed by atoms with Crippen LogP contribution >= 0.6 is 0 Å². The first-order valence-electron chi connectivity index (χ1n) is 6.45. The molecule has 0 N–H and O–H groups in total. The van der Waals surface area contributed by atoms with E-state index in [1.54, 1.807) is 0 Å². The van der Waals surface area contributed by atoms with Crippen LogP contribution < -0.4 is 0 Å². The minimum absolute atomic E-state index is 0.952. The van der Waals surface area contributed by atoms with Crippen molar-refractivity contribution in [3.05, 3.63) is 60.7 Å². The van der Waals surface area contributed by atoms with Crippen LogP contribution in [-0.4, -0.2) is 60.6 Å². The third kappa shape index (κ3) is 3.24. The SMILES string of the molecule is O=[N+]([O-])C(CO[C@H]1C[C@H](C([N+](=O)[O-])([N+](=O)[O-])[N+](=O)[O-])CO1)([N+](=O)[O-])[N+](=O)[O-]. The van der Waals surface area contributed by atoms with Crippen LogP contribution in [-0.2, 0) is 9.47 Å². The average molecular weight is 400 g/mol.